The molecule has 0 unspecified atom stereocenters. The number of aromatic nitrogens is 1. The summed E-state index contributed by atoms with van der Waals surface area (Å²) in [7, 11) is 1.69. The number of ether oxygens (including phenoxy) is 1. The topological polar surface area (TPSA) is 22.1 Å². The van der Waals surface area contributed by atoms with E-state index >= 15 is 0 Å². The van der Waals surface area contributed by atoms with Gasteiger partial charge in [0, 0.05) is 0 Å². The third-order valence-electron chi connectivity index (χ3n) is 2.52. The molecular formula is C12H9NOSe. The fourth-order valence-electron chi connectivity index (χ4n) is 1.76. The number of nitrogens with zero attached hydrogens (tertiary/aromatic N) is 1. The van der Waals surface area contributed by atoms with Crippen molar-refractivity contribution in [2.45, 2.75) is 0 Å². The third kappa shape index (κ3) is 1.36. The van der Waals surface area contributed by atoms with Crippen LogP contribution in [0.15, 0.2) is 35.4 Å². The van der Waals surface area contributed by atoms with Crippen LogP contribution < -0.4 is 4.74 Å². The van der Waals surface area contributed by atoms with E-state index in [1.165, 1.54) is 15.0 Å². The van der Waals surface area contributed by atoms with Gasteiger partial charge in [-0.1, -0.05) is 0 Å². The zero-order valence-electron chi connectivity index (χ0n) is 8.23. The molecule has 0 saturated heterocycles. The number of hydrogen-bond acceptors (Lipinski definition) is 2. The summed E-state index contributed by atoms with van der Waals surface area (Å²) < 4.78 is 6.58. The molecule has 0 amide bonds. The van der Waals surface area contributed by atoms with Crippen molar-refractivity contribution in [2.75, 3.05) is 7.11 Å². The van der Waals surface area contributed by atoms with Crippen LogP contribution in [-0.4, -0.2) is 26.6 Å². The van der Waals surface area contributed by atoms with Crippen LogP contribution in [0.1, 0.15) is 0 Å². The Morgan fingerprint density at radius 2 is 2.13 bits per heavy atom. The SMILES string of the molecule is COc1ccc2c(ccc3[se]cnc32)c1. The average molecular weight is 262 g/mol. The molecule has 2 aromatic carbocycles. The predicted octanol–water partition coefficient (Wildman–Crippen LogP) is 2.45. The Labute approximate surface area is 93.3 Å². The molecule has 2 nitrogen and oxygen atoms in total. The minimum atomic E-state index is 0.420. The van der Waals surface area contributed by atoms with Crippen molar-refractivity contribution < 1.29 is 4.74 Å². The monoisotopic (exact) mass is 263 g/mol. The van der Waals surface area contributed by atoms with Crippen molar-refractivity contribution in [1.82, 2.24) is 4.98 Å². The number of rotatable bonds is 1. The van der Waals surface area contributed by atoms with Gasteiger partial charge in [0.15, 0.2) is 0 Å². The molecule has 74 valence electrons. The molecule has 1 aromatic heterocycles. The van der Waals surface area contributed by atoms with Crippen molar-refractivity contribution in [2.24, 2.45) is 0 Å². The van der Waals surface area contributed by atoms with E-state index in [0.29, 0.717) is 14.5 Å². The van der Waals surface area contributed by atoms with Gasteiger partial charge < -0.3 is 0 Å². The molecule has 0 spiro atoms. The molecule has 0 aliphatic heterocycles. The van der Waals surface area contributed by atoms with Crippen molar-refractivity contribution in [1.29, 1.82) is 0 Å². The Morgan fingerprint density at radius 1 is 1.20 bits per heavy atom. The van der Waals surface area contributed by atoms with E-state index < -0.39 is 0 Å². The van der Waals surface area contributed by atoms with Crippen LogP contribution in [0.5, 0.6) is 5.75 Å². The molecule has 0 saturated carbocycles. The van der Waals surface area contributed by atoms with E-state index in [9.17, 15) is 0 Å². The molecule has 0 aliphatic rings. The van der Waals surface area contributed by atoms with Crippen LogP contribution in [0.4, 0.5) is 0 Å². The van der Waals surface area contributed by atoms with Crippen LogP contribution in [-0.2, 0) is 0 Å². The van der Waals surface area contributed by atoms with Gasteiger partial charge in [0.2, 0.25) is 0 Å². The van der Waals surface area contributed by atoms with Gasteiger partial charge in [-0.25, -0.2) is 0 Å². The van der Waals surface area contributed by atoms with Gasteiger partial charge in [-0.2, -0.15) is 0 Å². The number of methoxy groups -OCH3 is 1. The summed E-state index contributed by atoms with van der Waals surface area (Å²) >= 11 is 0.420. The van der Waals surface area contributed by atoms with E-state index in [-0.39, 0.29) is 0 Å². The van der Waals surface area contributed by atoms with Gasteiger partial charge in [-0.3, -0.25) is 0 Å². The Kier molecular flexibility index (Phi) is 2.01. The van der Waals surface area contributed by atoms with Gasteiger partial charge in [-0.05, 0) is 0 Å². The van der Waals surface area contributed by atoms with Gasteiger partial charge in [-0.15, -0.1) is 0 Å². The quantitative estimate of drug-likeness (QED) is 0.628. The van der Waals surface area contributed by atoms with E-state index in [4.69, 9.17) is 4.74 Å². The second-order valence-electron chi connectivity index (χ2n) is 3.35. The molecular weight excluding hydrogens is 253 g/mol. The average Bonchev–Trinajstić information content (AvgIpc) is 2.76. The number of benzene rings is 2. The van der Waals surface area contributed by atoms with Crippen LogP contribution in [0.2, 0.25) is 0 Å². The molecule has 3 rings (SSSR count). The molecule has 1 heterocycles. The van der Waals surface area contributed by atoms with Crippen molar-refractivity contribution in [3.63, 3.8) is 0 Å². The van der Waals surface area contributed by atoms with Crippen LogP contribution in [0, 0.1) is 0 Å². The van der Waals surface area contributed by atoms with Crippen molar-refractivity contribution >= 4 is 35.1 Å². The standard InChI is InChI=1S/C12H9NOSe/c1-14-9-3-4-10-8(6-9)2-5-11-12(10)13-7-15-11/h2-7H,1H3. The minimum absolute atomic E-state index is 0.420. The summed E-state index contributed by atoms with van der Waals surface area (Å²) in [6.07, 6.45) is 0. The summed E-state index contributed by atoms with van der Waals surface area (Å²) in [6.45, 7) is 0. The van der Waals surface area contributed by atoms with E-state index in [2.05, 4.69) is 29.2 Å². The summed E-state index contributed by atoms with van der Waals surface area (Å²) in [5, 5.41) is 4.45. The van der Waals surface area contributed by atoms with Gasteiger partial charge in [0.05, 0.1) is 0 Å². The zero-order valence-corrected chi connectivity index (χ0v) is 9.94. The van der Waals surface area contributed by atoms with E-state index in [1.807, 2.05) is 11.1 Å². The Balaban J connectivity index is 2.44. The maximum absolute atomic E-state index is 5.21. The van der Waals surface area contributed by atoms with E-state index in [1.54, 1.807) is 7.11 Å². The molecule has 0 radical (unpaired) electrons. The first kappa shape index (κ1) is 8.95. The first-order valence-corrected chi connectivity index (χ1v) is 6.53. The molecule has 15 heavy (non-hydrogen) atoms. The van der Waals surface area contributed by atoms with Gasteiger partial charge in [0.25, 0.3) is 0 Å². The van der Waals surface area contributed by atoms with E-state index in [0.717, 1.165) is 11.3 Å². The number of fused-ring (bicyclic) bond motifs is 3. The molecule has 3 heteroatoms. The second kappa shape index (κ2) is 3.37. The maximum atomic E-state index is 5.21. The number of hydrogen-bond donors (Lipinski definition) is 0. The summed E-state index contributed by atoms with van der Waals surface area (Å²) in [4.78, 5) is 4.44. The molecule has 0 N–H and O–H groups in total. The van der Waals surface area contributed by atoms with Gasteiger partial charge >= 0.3 is 93.0 Å². The van der Waals surface area contributed by atoms with Gasteiger partial charge in [0.1, 0.15) is 0 Å². The molecule has 0 bridgehead atoms. The van der Waals surface area contributed by atoms with Crippen LogP contribution in [0.25, 0.3) is 20.5 Å². The zero-order chi connectivity index (χ0) is 10.3. The molecule has 0 aliphatic carbocycles. The summed E-state index contributed by atoms with van der Waals surface area (Å²) in [5.74, 6) is 0.898. The summed E-state index contributed by atoms with van der Waals surface area (Å²) in [6, 6.07) is 10.4. The van der Waals surface area contributed by atoms with Crippen molar-refractivity contribution in [3.05, 3.63) is 35.4 Å². The fourth-order valence-corrected chi connectivity index (χ4v) is 3.22. The Bertz CT molecular complexity index is 630. The first-order chi connectivity index (χ1) is 7.38. The molecule has 3 aromatic rings. The second-order valence-corrected chi connectivity index (χ2v) is 5.21. The third-order valence-corrected chi connectivity index (χ3v) is 4.19. The Morgan fingerprint density at radius 3 is 3.00 bits per heavy atom. The molecule has 0 fully saturated rings. The predicted molar refractivity (Wildman–Crippen MR) is 62.7 cm³/mol. The van der Waals surface area contributed by atoms with Crippen LogP contribution >= 0.6 is 0 Å². The first-order valence-electron chi connectivity index (χ1n) is 4.68. The normalized spacial score (nSPS) is 11.0. The van der Waals surface area contributed by atoms with Crippen molar-refractivity contribution in [3.8, 4) is 5.75 Å². The van der Waals surface area contributed by atoms with Crippen LogP contribution in [0.3, 0.4) is 0 Å². The summed E-state index contributed by atoms with van der Waals surface area (Å²) in [5.41, 5.74) is 1.15. The molecule has 0 atom stereocenters. The fraction of sp³-hybridized carbons (Fsp3) is 0.0833. The Hall–Kier alpha value is -1.31.